The van der Waals surface area contributed by atoms with Crippen molar-refractivity contribution >= 4 is 11.8 Å². The zero-order valence-corrected chi connectivity index (χ0v) is 10.3. The zero-order valence-electron chi connectivity index (χ0n) is 10.3. The topological polar surface area (TPSA) is 63.6 Å². The van der Waals surface area contributed by atoms with Crippen LogP contribution in [0.5, 0.6) is 0 Å². The van der Waals surface area contributed by atoms with E-state index in [-0.39, 0.29) is 25.2 Å². The van der Waals surface area contributed by atoms with Gasteiger partial charge in [-0.1, -0.05) is 29.8 Å². The molecular weight excluding hydrogens is 232 g/mol. The highest BCUT2D eigenvalue weighted by Gasteiger charge is 2.47. The molecule has 0 aromatic heterocycles. The highest BCUT2D eigenvalue weighted by Crippen LogP contribution is 2.30. The monoisotopic (exact) mass is 248 g/mol. The highest BCUT2D eigenvalue weighted by molar-refractivity contribution is 6.04. The van der Waals surface area contributed by atoms with Gasteiger partial charge in [0.25, 0.3) is 0 Å². The Balaban J connectivity index is 2.31. The number of benzene rings is 1. The maximum absolute atomic E-state index is 12.0. The molecule has 1 atom stereocenters. The Hall–Kier alpha value is -1.68. The normalized spacial score (nSPS) is 23.9. The molecule has 0 spiro atoms. The number of carbonyl (C=O) groups excluding carboxylic acids is 1. The van der Waals surface area contributed by atoms with Gasteiger partial charge in [-0.25, -0.2) is 0 Å². The van der Waals surface area contributed by atoms with Gasteiger partial charge in [0.15, 0.2) is 11.2 Å². The van der Waals surface area contributed by atoms with E-state index in [2.05, 4.69) is 0 Å². The minimum atomic E-state index is -1.41. The number of hydrogen-bond acceptors (Lipinski definition) is 3. The zero-order chi connectivity index (χ0) is 13.2. The van der Waals surface area contributed by atoms with E-state index < -0.39 is 11.4 Å². The molecule has 4 nitrogen and oxygen atoms in total. The van der Waals surface area contributed by atoms with Crippen molar-refractivity contribution < 1.29 is 19.4 Å². The van der Waals surface area contributed by atoms with Crippen molar-refractivity contribution in [1.82, 2.24) is 0 Å². The molecule has 0 amide bonds. The molecule has 1 saturated heterocycles. The van der Waals surface area contributed by atoms with Crippen molar-refractivity contribution in [3.8, 4) is 0 Å². The van der Waals surface area contributed by atoms with Crippen LogP contribution in [-0.4, -0.2) is 30.1 Å². The molecule has 1 aliphatic rings. The summed E-state index contributed by atoms with van der Waals surface area (Å²) < 4.78 is 5.22. The van der Waals surface area contributed by atoms with E-state index in [1.807, 2.05) is 31.2 Å². The number of carbonyl (C=O) groups is 2. The minimum absolute atomic E-state index is 0.0326. The average Bonchev–Trinajstić information content (AvgIpc) is 2.32. The number of aliphatic carboxylic acids is 1. The lowest BCUT2D eigenvalue weighted by Gasteiger charge is -2.31. The SMILES string of the molecule is Cc1cccc(CC2(C(=O)O)COCCC2=O)c1. The van der Waals surface area contributed by atoms with Gasteiger partial charge in [0.1, 0.15) is 0 Å². The van der Waals surface area contributed by atoms with Crippen molar-refractivity contribution in [2.75, 3.05) is 13.2 Å². The average molecular weight is 248 g/mol. The number of carboxylic acid groups (broad SMARTS) is 1. The van der Waals surface area contributed by atoms with Crippen LogP contribution in [0.1, 0.15) is 17.5 Å². The number of carboxylic acids is 1. The lowest BCUT2D eigenvalue weighted by atomic mass is 9.76. The van der Waals surface area contributed by atoms with Crippen molar-refractivity contribution in [1.29, 1.82) is 0 Å². The van der Waals surface area contributed by atoms with Gasteiger partial charge in [0, 0.05) is 6.42 Å². The van der Waals surface area contributed by atoms with E-state index in [0.29, 0.717) is 6.61 Å². The molecule has 1 aromatic rings. The summed E-state index contributed by atoms with van der Waals surface area (Å²) in [5.41, 5.74) is 0.500. The van der Waals surface area contributed by atoms with Gasteiger partial charge in [-0.15, -0.1) is 0 Å². The molecule has 1 heterocycles. The molecule has 1 unspecified atom stereocenters. The van der Waals surface area contributed by atoms with E-state index in [4.69, 9.17) is 4.74 Å². The highest BCUT2D eigenvalue weighted by atomic mass is 16.5. The fraction of sp³-hybridized carbons (Fsp3) is 0.429. The second-order valence-electron chi connectivity index (χ2n) is 4.78. The van der Waals surface area contributed by atoms with Gasteiger partial charge in [-0.2, -0.15) is 0 Å². The fourth-order valence-corrected chi connectivity index (χ4v) is 2.31. The molecule has 96 valence electrons. The molecule has 2 rings (SSSR count). The summed E-state index contributed by atoms with van der Waals surface area (Å²) in [5, 5.41) is 9.39. The van der Waals surface area contributed by atoms with Crippen molar-refractivity contribution in [2.45, 2.75) is 19.8 Å². The molecule has 1 N–H and O–H groups in total. The molecule has 1 aliphatic heterocycles. The van der Waals surface area contributed by atoms with Crippen LogP contribution in [0.4, 0.5) is 0 Å². The molecule has 0 bridgehead atoms. The van der Waals surface area contributed by atoms with Gasteiger partial charge >= 0.3 is 5.97 Å². The van der Waals surface area contributed by atoms with Crippen LogP contribution >= 0.6 is 0 Å². The van der Waals surface area contributed by atoms with E-state index >= 15 is 0 Å². The molecular formula is C14H16O4. The summed E-state index contributed by atoms with van der Waals surface area (Å²) in [6, 6.07) is 7.57. The first-order valence-electron chi connectivity index (χ1n) is 5.94. The van der Waals surface area contributed by atoms with Crippen molar-refractivity contribution in [3.63, 3.8) is 0 Å². The molecule has 1 aromatic carbocycles. The number of hydrogen-bond donors (Lipinski definition) is 1. The van der Waals surface area contributed by atoms with Gasteiger partial charge in [0.2, 0.25) is 0 Å². The lowest BCUT2D eigenvalue weighted by Crippen LogP contribution is -2.48. The van der Waals surface area contributed by atoms with E-state index in [9.17, 15) is 14.7 Å². The predicted octanol–water partition coefficient (Wildman–Crippen LogP) is 1.60. The summed E-state index contributed by atoms with van der Waals surface area (Å²) in [6.45, 7) is 2.23. The second kappa shape index (κ2) is 4.90. The van der Waals surface area contributed by atoms with E-state index in [0.717, 1.165) is 11.1 Å². The van der Waals surface area contributed by atoms with E-state index in [1.165, 1.54) is 0 Å². The smallest absolute Gasteiger partial charge is 0.319 e. The summed E-state index contributed by atoms with van der Waals surface area (Å²) in [6.07, 6.45) is 0.376. The third kappa shape index (κ3) is 2.29. The maximum Gasteiger partial charge on any atom is 0.319 e. The van der Waals surface area contributed by atoms with Gasteiger partial charge in [-0.05, 0) is 18.9 Å². The Labute approximate surface area is 106 Å². The fourth-order valence-electron chi connectivity index (χ4n) is 2.31. The first-order chi connectivity index (χ1) is 8.54. The van der Waals surface area contributed by atoms with Crippen LogP contribution in [-0.2, 0) is 20.7 Å². The van der Waals surface area contributed by atoms with Crippen LogP contribution in [0.25, 0.3) is 0 Å². The Kier molecular flexibility index (Phi) is 3.48. The number of Topliss-reactive ketones (excluding diaryl/α,β-unsaturated/α-hetero) is 1. The van der Waals surface area contributed by atoms with Crippen LogP contribution in [0.3, 0.4) is 0 Å². The lowest BCUT2D eigenvalue weighted by molar-refractivity contribution is -0.164. The summed E-state index contributed by atoms with van der Waals surface area (Å²) >= 11 is 0. The molecule has 4 heteroatoms. The Morgan fingerprint density at radius 3 is 2.89 bits per heavy atom. The van der Waals surface area contributed by atoms with Crippen LogP contribution in [0, 0.1) is 12.3 Å². The van der Waals surface area contributed by atoms with Gasteiger partial charge in [-0.3, -0.25) is 9.59 Å². The van der Waals surface area contributed by atoms with E-state index in [1.54, 1.807) is 0 Å². The largest absolute Gasteiger partial charge is 0.480 e. The van der Waals surface area contributed by atoms with Crippen LogP contribution < -0.4 is 0 Å². The first kappa shape index (κ1) is 12.8. The molecule has 0 aliphatic carbocycles. The number of ether oxygens (including phenoxy) is 1. The third-order valence-electron chi connectivity index (χ3n) is 3.35. The maximum atomic E-state index is 12.0. The second-order valence-corrected chi connectivity index (χ2v) is 4.78. The minimum Gasteiger partial charge on any atom is -0.480 e. The van der Waals surface area contributed by atoms with Crippen molar-refractivity contribution in [2.24, 2.45) is 5.41 Å². The predicted molar refractivity (Wildman–Crippen MR) is 65.4 cm³/mol. The molecule has 18 heavy (non-hydrogen) atoms. The van der Waals surface area contributed by atoms with Gasteiger partial charge < -0.3 is 9.84 Å². The van der Waals surface area contributed by atoms with Gasteiger partial charge in [0.05, 0.1) is 13.2 Å². The molecule has 0 saturated carbocycles. The standard InChI is InChI=1S/C14H16O4/c1-10-3-2-4-11(7-10)8-14(13(16)17)9-18-6-5-12(14)15/h2-4,7H,5-6,8-9H2,1H3,(H,16,17). The first-order valence-corrected chi connectivity index (χ1v) is 5.94. The number of aryl methyl sites for hydroxylation is 1. The summed E-state index contributed by atoms with van der Waals surface area (Å²) in [5.74, 6) is -1.32. The molecule has 0 radical (unpaired) electrons. The quantitative estimate of drug-likeness (QED) is 0.825. The Morgan fingerprint density at radius 2 is 2.28 bits per heavy atom. The number of rotatable bonds is 3. The van der Waals surface area contributed by atoms with Crippen molar-refractivity contribution in [3.05, 3.63) is 35.4 Å². The molecule has 1 fully saturated rings. The summed E-state index contributed by atoms with van der Waals surface area (Å²) in [7, 11) is 0. The Bertz CT molecular complexity index is 480. The van der Waals surface area contributed by atoms with Crippen LogP contribution in [0.15, 0.2) is 24.3 Å². The summed E-state index contributed by atoms with van der Waals surface area (Å²) in [4.78, 5) is 23.5. The third-order valence-corrected chi connectivity index (χ3v) is 3.35. The van der Waals surface area contributed by atoms with Crippen LogP contribution in [0.2, 0.25) is 0 Å². The Morgan fingerprint density at radius 1 is 1.50 bits per heavy atom. The number of ketones is 1.